The predicted molar refractivity (Wildman–Crippen MR) is 103 cm³/mol. The van der Waals surface area contributed by atoms with E-state index in [0.29, 0.717) is 26.6 Å². The van der Waals surface area contributed by atoms with Crippen LogP contribution in [-0.4, -0.2) is 29.4 Å². The number of ether oxygens (including phenoxy) is 1. The average Bonchev–Trinajstić information content (AvgIpc) is 3.07. The summed E-state index contributed by atoms with van der Waals surface area (Å²) < 4.78 is 5.06. The number of carbonyl (C=O) groups excluding carboxylic acids is 3. The number of anilines is 1. The Morgan fingerprint density at radius 1 is 1.22 bits per heavy atom. The number of benzene rings is 1. The maximum Gasteiger partial charge on any atom is 0.340 e. The number of esters is 1. The number of halogens is 1. The van der Waals surface area contributed by atoms with E-state index in [1.165, 1.54) is 6.07 Å². The van der Waals surface area contributed by atoms with Gasteiger partial charge in [-0.25, -0.2) is 4.79 Å². The van der Waals surface area contributed by atoms with E-state index in [2.05, 4.69) is 10.3 Å². The first-order chi connectivity index (χ1) is 12.8. The third-order valence-corrected chi connectivity index (χ3v) is 4.77. The molecule has 0 aliphatic carbocycles. The van der Waals surface area contributed by atoms with Gasteiger partial charge in [0.15, 0.2) is 6.61 Å². The fourth-order valence-electron chi connectivity index (χ4n) is 2.42. The summed E-state index contributed by atoms with van der Waals surface area (Å²) in [5.41, 5.74) is 6.84. The zero-order valence-corrected chi connectivity index (χ0v) is 15.7. The molecule has 0 saturated heterocycles. The summed E-state index contributed by atoms with van der Waals surface area (Å²) >= 11 is 7.11. The van der Waals surface area contributed by atoms with E-state index < -0.39 is 24.4 Å². The molecule has 27 heavy (non-hydrogen) atoms. The van der Waals surface area contributed by atoms with Crippen molar-refractivity contribution < 1.29 is 19.1 Å². The van der Waals surface area contributed by atoms with Crippen molar-refractivity contribution in [2.75, 3.05) is 11.9 Å². The van der Waals surface area contributed by atoms with Crippen LogP contribution in [-0.2, 0) is 9.53 Å². The Balaban J connectivity index is 1.69. The molecule has 9 heteroatoms. The summed E-state index contributed by atoms with van der Waals surface area (Å²) in [6.45, 7) is 1.16. The fourth-order valence-corrected chi connectivity index (χ4v) is 3.41. The molecule has 3 rings (SSSR count). The van der Waals surface area contributed by atoms with Gasteiger partial charge in [-0.1, -0.05) is 11.6 Å². The molecular formula is C18H14ClN3O4S. The van der Waals surface area contributed by atoms with Gasteiger partial charge in [0.2, 0.25) is 0 Å². The molecule has 0 unspecified atom stereocenters. The van der Waals surface area contributed by atoms with Gasteiger partial charge in [-0.3, -0.25) is 14.6 Å². The monoisotopic (exact) mass is 403 g/mol. The molecule has 2 heterocycles. The Bertz CT molecular complexity index is 1060. The van der Waals surface area contributed by atoms with E-state index in [9.17, 15) is 14.4 Å². The van der Waals surface area contributed by atoms with Crippen molar-refractivity contribution in [2.45, 2.75) is 6.92 Å². The maximum atomic E-state index is 12.3. The number of aryl methyl sites for hydroxylation is 1. The summed E-state index contributed by atoms with van der Waals surface area (Å²) in [5.74, 6) is -1.92. The Labute approximate surface area is 163 Å². The minimum Gasteiger partial charge on any atom is -0.452 e. The Morgan fingerprint density at radius 3 is 2.74 bits per heavy atom. The highest BCUT2D eigenvalue weighted by Crippen LogP contribution is 2.23. The van der Waals surface area contributed by atoms with E-state index >= 15 is 0 Å². The summed E-state index contributed by atoms with van der Waals surface area (Å²) in [4.78, 5) is 39.9. The number of aromatic nitrogens is 1. The van der Waals surface area contributed by atoms with Gasteiger partial charge >= 0.3 is 5.97 Å². The number of nitrogens with zero attached hydrogens (tertiary/aromatic N) is 1. The first-order valence-electron chi connectivity index (χ1n) is 7.76. The van der Waals surface area contributed by atoms with Gasteiger partial charge < -0.3 is 15.8 Å². The molecule has 1 aromatic carbocycles. The number of nitrogens with two attached hydrogens (primary N) is 1. The molecule has 0 atom stereocenters. The number of amides is 2. The molecule has 0 aliphatic rings. The average molecular weight is 404 g/mol. The van der Waals surface area contributed by atoms with Gasteiger partial charge in [-0.2, -0.15) is 0 Å². The minimum atomic E-state index is -0.682. The van der Waals surface area contributed by atoms with Gasteiger partial charge in [-0.05, 0) is 42.6 Å². The number of primary amides is 1. The van der Waals surface area contributed by atoms with E-state index in [1.54, 1.807) is 36.6 Å². The summed E-state index contributed by atoms with van der Waals surface area (Å²) in [6.07, 6.45) is 0. The lowest BCUT2D eigenvalue weighted by Gasteiger charge is -2.09. The number of thiophene rings is 1. The zero-order valence-electron chi connectivity index (χ0n) is 14.1. The highest BCUT2D eigenvalue weighted by molar-refractivity contribution is 7.14. The van der Waals surface area contributed by atoms with Crippen molar-refractivity contribution >= 4 is 56.6 Å². The molecule has 3 aromatic rings. The smallest absolute Gasteiger partial charge is 0.340 e. The Kier molecular flexibility index (Phi) is 5.38. The molecular weight excluding hydrogens is 390 g/mol. The number of pyridine rings is 1. The molecule has 2 aromatic heterocycles. The molecule has 138 valence electrons. The summed E-state index contributed by atoms with van der Waals surface area (Å²) in [6, 6.07) is 8.28. The highest BCUT2D eigenvalue weighted by atomic mass is 35.5. The lowest BCUT2D eigenvalue weighted by atomic mass is 10.1. The topological polar surface area (TPSA) is 111 Å². The molecule has 2 amide bonds. The van der Waals surface area contributed by atoms with Gasteiger partial charge in [0.05, 0.1) is 22.3 Å². The summed E-state index contributed by atoms with van der Waals surface area (Å²) in [5, 5.41) is 5.64. The van der Waals surface area contributed by atoms with E-state index in [4.69, 9.17) is 22.1 Å². The van der Waals surface area contributed by atoms with Gasteiger partial charge in [0.25, 0.3) is 11.8 Å². The highest BCUT2D eigenvalue weighted by Gasteiger charge is 2.17. The first-order valence-corrected chi connectivity index (χ1v) is 9.02. The first kappa shape index (κ1) is 18.8. The van der Waals surface area contributed by atoms with Crippen LogP contribution in [0.25, 0.3) is 10.9 Å². The number of rotatable bonds is 5. The van der Waals surface area contributed by atoms with Crippen LogP contribution in [0.4, 0.5) is 5.00 Å². The zero-order chi connectivity index (χ0) is 19.6. The number of carbonyl (C=O) groups is 3. The number of nitrogens with one attached hydrogen (secondary N) is 1. The molecule has 0 spiro atoms. The van der Waals surface area contributed by atoms with Crippen molar-refractivity contribution in [3.05, 3.63) is 57.6 Å². The van der Waals surface area contributed by atoms with Crippen LogP contribution in [0.5, 0.6) is 0 Å². The second kappa shape index (κ2) is 7.73. The SMILES string of the molecule is Cc1nc2ccc(Cl)cc2cc1C(=O)OCC(=O)Nc1sccc1C(N)=O. The maximum absolute atomic E-state index is 12.3. The van der Waals surface area contributed by atoms with Crippen LogP contribution in [0.15, 0.2) is 35.7 Å². The standard InChI is InChI=1S/C18H14ClN3O4S/c1-9-13(7-10-6-11(19)2-3-14(10)21-9)18(25)26-8-15(23)22-17-12(16(20)24)4-5-27-17/h2-7H,8H2,1H3,(H2,20,24)(H,22,23). The summed E-state index contributed by atoms with van der Waals surface area (Å²) in [7, 11) is 0. The largest absolute Gasteiger partial charge is 0.452 e. The van der Waals surface area contributed by atoms with E-state index in [0.717, 1.165) is 11.3 Å². The lowest BCUT2D eigenvalue weighted by Crippen LogP contribution is -2.22. The number of hydrogen-bond donors (Lipinski definition) is 2. The minimum absolute atomic E-state index is 0.200. The third kappa shape index (κ3) is 4.24. The van der Waals surface area contributed by atoms with Crippen LogP contribution in [0.3, 0.4) is 0 Å². The lowest BCUT2D eigenvalue weighted by molar-refractivity contribution is -0.119. The van der Waals surface area contributed by atoms with Crippen LogP contribution >= 0.6 is 22.9 Å². The molecule has 0 bridgehead atoms. The second-order valence-corrected chi connectivity index (χ2v) is 6.96. The molecule has 7 nitrogen and oxygen atoms in total. The van der Waals surface area contributed by atoms with E-state index in [-0.39, 0.29) is 11.1 Å². The van der Waals surface area contributed by atoms with Crippen LogP contribution in [0.1, 0.15) is 26.4 Å². The van der Waals surface area contributed by atoms with Crippen LogP contribution in [0.2, 0.25) is 5.02 Å². The number of fused-ring (bicyclic) bond motifs is 1. The van der Waals surface area contributed by atoms with Crippen molar-refractivity contribution in [2.24, 2.45) is 5.73 Å². The van der Waals surface area contributed by atoms with Crippen molar-refractivity contribution in [3.8, 4) is 0 Å². The van der Waals surface area contributed by atoms with Crippen LogP contribution in [0, 0.1) is 6.92 Å². The normalized spacial score (nSPS) is 10.6. The van der Waals surface area contributed by atoms with Crippen molar-refractivity contribution in [3.63, 3.8) is 0 Å². The molecule has 0 saturated carbocycles. The molecule has 0 radical (unpaired) electrons. The van der Waals surface area contributed by atoms with Crippen molar-refractivity contribution in [1.82, 2.24) is 4.98 Å². The second-order valence-electron chi connectivity index (χ2n) is 5.61. The van der Waals surface area contributed by atoms with Gasteiger partial charge in [0.1, 0.15) is 5.00 Å². The van der Waals surface area contributed by atoms with E-state index in [1.807, 2.05) is 0 Å². The quantitative estimate of drug-likeness (QED) is 0.635. The van der Waals surface area contributed by atoms with Gasteiger partial charge in [-0.15, -0.1) is 11.3 Å². The van der Waals surface area contributed by atoms with Crippen LogP contribution < -0.4 is 11.1 Å². The molecule has 3 N–H and O–H groups in total. The third-order valence-electron chi connectivity index (χ3n) is 3.71. The Morgan fingerprint density at radius 2 is 2.00 bits per heavy atom. The fraction of sp³-hybridized carbons (Fsp3) is 0.111. The predicted octanol–water partition coefficient (Wildman–Crippen LogP) is 3.15. The Hall–Kier alpha value is -2.97. The molecule has 0 aliphatic heterocycles. The molecule has 0 fully saturated rings. The van der Waals surface area contributed by atoms with Crippen molar-refractivity contribution in [1.29, 1.82) is 0 Å². The van der Waals surface area contributed by atoms with Gasteiger partial charge in [0, 0.05) is 10.4 Å². The number of hydrogen-bond acceptors (Lipinski definition) is 6.